The van der Waals surface area contributed by atoms with Gasteiger partial charge in [-0.25, -0.2) is 4.79 Å². The first-order valence-electron chi connectivity index (χ1n) is 10.9. The summed E-state index contributed by atoms with van der Waals surface area (Å²) in [6, 6.07) is 0.259. The molecule has 0 bridgehead atoms. The molecule has 11 heteroatoms. The second kappa shape index (κ2) is 9.63. The normalized spacial score (nSPS) is 22.2. The Morgan fingerprint density at radius 1 is 1.21 bits per heavy atom. The number of hydrogen-bond donors (Lipinski definition) is 1. The molecule has 3 atom stereocenters. The number of nitrogens with one attached hydrogen (secondary N) is 1. The van der Waals surface area contributed by atoms with Crippen molar-refractivity contribution in [3.05, 3.63) is 41.2 Å². The number of ether oxygens (including phenoxy) is 2. The highest BCUT2D eigenvalue weighted by Crippen LogP contribution is 2.34. The van der Waals surface area contributed by atoms with Crippen LogP contribution in [-0.2, 0) is 38.2 Å². The van der Waals surface area contributed by atoms with Crippen LogP contribution in [0.25, 0.3) is 0 Å². The van der Waals surface area contributed by atoms with E-state index in [1.54, 1.807) is 32.9 Å². The van der Waals surface area contributed by atoms with E-state index in [2.05, 4.69) is 10.3 Å². The van der Waals surface area contributed by atoms with Gasteiger partial charge in [-0.1, -0.05) is 12.2 Å². The number of carbonyl (C=O) groups excluding carboxylic acids is 3. The molecule has 0 aromatic carbocycles. The summed E-state index contributed by atoms with van der Waals surface area (Å²) >= 11 is 0. The highest BCUT2D eigenvalue weighted by atomic mass is 19.4. The van der Waals surface area contributed by atoms with Crippen LogP contribution in [0.1, 0.15) is 44.0 Å². The zero-order valence-electron chi connectivity index (χ0n) is 19.4. The number of hydrogen-bond acceptors (Lipinski definition) is 6. The SMILES string of the molecule is COC(=O)C[C@@H]1C=C[C@@H](NC(=O)OC(C)(C)C)[C@H]1C(=O)N1CCc2ncc(C(F)(F)F)cc2C1. The van der Waals surface area contributed by atoms with Crippen LogP contribution in [0.3, 0.4) is 0 Å². The standard InChI is InChI=1S/C23H28F3N3O5/c1-22(2,3)34-21(32)28-17-6-5-13(10-18(30)33-4)19(17)20(31)29-8-7-16-14(12-29)9-15(11-27-16)23(24,25)26/h5-6,9,11,13,17,19H,7-8,10,12H2,1-4H3,(H,28,32)/t13-,17+,19-/m0/s1. The van der Waals surface area contributed by atoms with E-state index in [1.807, 2.05) is 0 Å². The summed E-state index contributed by atoms with van der Waals surface area (Å²) in [7, 11) is 1.24. The fourth-order valence-corrected chi connectivity index (χ4v) is 4.14. The first kappa shape index (κ1) is 25.5. The quantitative estimate of drug-likeness (QED) is 0.522. The predicted molar refractivity (Wildman–Crippen MR) is 114 cm³/mol. The number of halogens is 3. The largest absolute Gasteiger partial charge is 0.469 e. The number of alkyl carbamates (subject to hydrolysis) is 1. The van der Waals surface area contributed by atoms with Crippen LogP contribution < -0.4 is 5.32 Å². The van der Waals surface area contributed by atoms with Gasteiger partial charge in [0.05, 0.1) is 31.1 Å². The lowest BCUT2D eigenvalue weighted by molar-refractivity contribution is -0.143. The van der Waals surface area contributed by atoms with E-state index >= 15 is 0 Å². The van der Waals surface area contributed by atoms with Crippen molar-refractivity contribution in [3.8, 4) is 0 Å². The van der Waals surface area contributed by atoms with Crippen LogP contribution in [0, 0.1) is 11.8 Å². The Balaban J connectivity index is 1.81. The second-order valence-corrected chi connectivity index (χ2v) is 9.36. The van der Waals surface area contributed by atoms with Gasteiger partial charge in [0.1, 0.15) is 5.60 Å². The molecule has 0 saturated heterocycles. The lowest BCUT2D eigenvalue weighted by Crippen LogP contribution is -2.50. The minimum absolute atomic E-state index is 0.0499. The zero-order valence-corrected chi connectivity index (χ0v) is 19.4. The Morgan fingerprint density at radius 2 is 1.91 bits per heavy atom. The van der Waals surface area contributed by atoms with Crippen molar-refractivity contribution in [1.82, 2.24) is 15.2 Å². The van der Waals surface area contributed by atoms with Crippen LogP contribution in [0.5, 0.6) is 0 Å². The fraction of sp³-hybridized carbons (Fsp3) is 0.565. The van der Waals surface area contributed by atoms with E-state index in [-0.39, 0.29) is 25.4 Å². The lowest BCUT2D eigenvalue weighted by Gasteiger charge is -2.34. The van der Waals surface area contributed by atoms with Gasteiger partial charge in [0.15, 0.2) is 0 Å². The number of allylic oxidation sites excluding steroid dienone is 1. The van der Waals surface area contributed by atoms with Gasteiger partial charge in [-0.15, -0.1) is 0 Å². The maximum atomic E-state index is 13.5. The number of carbonyl (C=O) groups is 3. The lowest BCUT2D eigenvalue weighted by atomic mass is 9.87. The number of pyridine rings is 1. The molecule has 2 aliphatic rings. The van der Waals surface area contributed by atoms with E-state index in [1.165, 1.54) is 12.0 Å². The summed E-state index contributed by atoms with van der Waals surface area (Å²) < 4.78 is 49.4. The number of alkyl halides is 3. The van der Waals surface area contributed by atoms with Crippen LogP contribution in [0.2, 0.25) is 0 Å². The summed E-state index contributed by atoms with van der Waals surface area (Å²) in [6.45, 7) is 5.31. The van der Waals surface area contributed by atoms with Crippen molar-refractivity contribution >= 4 is 18.0 Å². The number of methoxy groups -OCH3 is 1. The number of aromatic nitrogens is 1. The summed E-state index contributed by atoms with van der Waals surface area (Å²) in [4.78, 5) is 43.2. The molecule has 1 N–H and O–H groups in total. The monoisotopic (exact) mass is 483 g/mol. The summed E-state index contributed by atoms with van der Waals surface area (Å²) in [5.41, 5.74) is -0.800. The first-order valence-corrected chi connectivity index (χ1v) is 10.9. The molecular weight excluding hydrogens is 455 g/mol. The van der Waals surface area contributed by atoms with Gasteiger partial charge in [0, 0.05) is 37.3 Å². The minimum atomic E-state index is -4.54. The highest BCUT2D eigenvalue weighted by Gasteiger charge is 2.42. The van der Waals surface area contributed by atoms with Gasteiger partial charge in [-0.3, -0.25) is 14.6 Å². The molecule has 1 aromatic rings. The number of amides is 2. The number of esters is 1. The van der Waals surface area contributed by atoms with Gasteiger partial charge >= 0.3 is 18.2 Å². The molecule has 34 heavy (non-hydrogen) atoms. The Kier molecular flexibility index (Phi) is 7.23. The Morgan fingerprint density at radius 3 is 2.53 bits per heavy atom. The summed E-state index contributed by atoms with van der Waals surface area (Å²) in [5, 5.41) is 2.67. The maximum Gasteiger partial charge on any atom is 0.417 e. The third-order valence-corrected chi connectivity index (χ3v) is 5.69. The molecular formula is C23H28F3N3O5. The van der Waals surface area contributed by atoms with Gasteiger partial charge in [-0.05, 0) is 32.4 Å². The molecule has 0 unspecified atom stereocenters. The van der Waals surface area contributed by atoms with E-state index in [0.29, 0.717) is 17.7 Å². The van der Waals surface area contributed by atoms with Crippen molar-refractivity contribution in [2.75, 3.05) is 13.7 Å². The van der Waals surface area contributed by atoms with E-state index in [0.717, 1.165) is 12.3 Å². The molecule has 2 heterocycles. The topological polar surface area (TPSA) is 97.8 Å². The molecule has 3 rings (SSSR count). The summed E-state index contributed by atoms with van der Waals surface area (Å²) in [6.07, 6.45) is -0.959. The van der Waals surface area contributed by atoms with Crippen molar-refractivity contribution < 1.29 is 37.0 Å². The molecule has 0 spiro atoms. The number of rotatable bonds is 4. The Bertz CT molecular complexity index is 987. The highest BCUT2D eigenvalue weighted by molar-refractivity contribution is 5.83. The first-order chi connectivity index (χ1) is 15.8. The molecule has 1 aliphatic carbocycles. The number of fused-ring (bicyclic) bond motifs is 1. The smallest absolute Gasteiger partial charge is 0.417 e. The van der Waals surface area contributed by atoms with Gasteiger partial charge in [0.2, 0.25) is 5.91 Å². The van der Waals surface area contributed by atoms with Crippen molar-refractivity contribution in [2.45, 2.75) is 58.0 Å². The second-order valence-electron chi connectivity index (χ2n) is 9.36. The number of nitrogens with zero attached hydrogens (tertiary/aromatic N) is 2. The molecule has 0 saturated carbocycles. The molecule has 1 aromatic heterocycles. The van der Waals surface area contributed by atoms with Gasteiger partial charge in [-0.2, -0.15) is 13.2 Å². The molecule has 8 nitrogen and oxygen atoms in total. The van der Waals surface area contributed by atoms with E-state index < -0.39 is 47.3 Å². The fourth-order valence-electron chi connectivity index (χ4n) is 4.14. The predicted octanol–water partition coefficient (Wildman–Crippen LogP) is 3.24. The maximum absolute atomic E-state index is 13.5. The van der Waals surface area contributed by atoms with Crippen LogP contribution in [-0.4, -0.2) is 53.2 Å². The van der Waals surface area contributed by atoms with Crippen LogP contribution in [0.4, 0.5) is 18.0 Å². The zero-order chi connectivity index (χ0) is 25.3. The van der Waals surface area contributed by atoms with Crippen LogP contribution >= 0.6 is 0 Å². The summed E-state index contributed by atoms with van der Waals surface area (Å²) in [5.74, 6) is -2.30. The average Bonchev–Trinajstić information content (AvgIpc) is 3.11. The van der Waals surface area contributed by atoms with Crippen molar-refractivity contribution in [1.29, 1.82) is 0 Å². The third-order valence-electron chi connectivity index (χ3n) is 5.69. The molecule has 186 valence electrons. The van der Waals surface area contributed by atoms with Crippen LogP contribution in [0.15, 0.2) is 24.4 Å². The minimum Gasteiger partial charge on any atom is -0.469 e. The Labute approximate surface area is 195 Å². The molecule has 0 radical (unpaired) electrons. The van der Waals surface area contributed by atoms with Gasteiger partial charge in [0.25, 0.3) is 0 Å². The van der Waals surface area contributed by atoms with E-state index in [4.69, 9.17) is 9.47 Å². The third kappa shape index (κ3) is 6.06. The Hall–Kier alpha value is -3.11. The average molecular weight is 483 g/mol. The molecule has 1 aliphatic heterocycles. The molecule has 0 fully saturated rings. The van der Waals surface area contributed by atoms with Gasteiger partial charge < -0.3 is 19.7 Å². The van der Waals surface area contributed by atoms with Crippen molar-refractivity contribution in [2.24, 2.45) is 11.8 Å². The molecule has 2 amide bonds. The van der Waals surface area contributed by atoms with Crippen molar-refractivity contribution in [3.63, 3.8) is 0 Å². The van der Waals surface area contributed by atoms with E-state index in [9.17, 15) is 27.6 Å².